The number of H-pyrrole nitrogens is 1. The first-order valence-corrected chi connectivity index (χ1v) is 22.6. The van der Waals surface area contributed by atoms with E-state index < -0.39 is 96.0 Å². The van der Waals surface area contributed by atoms with Gasteiger partial charge in [0.15, 0.2) is 0 Å². The minimum Gasteiger partial charge on any atom is -0.475 e. The number of hydrogen-bond acceptors (Lipinski definition) is 10. The Hall–Kier alpha value is -8.06. The molecule has 400 valence electrons. The molecule has 5 aromatic rings. The van der Waals surface area contributed by atoms with Crippen molar-refractivity contribution in [1.82, 2.24) is 31.6 Å². The predicted molar refractivity (Wildman–Crippen MR) is 258 cm³/mol. The van der Waals surface area contributed by atoms with Gasteiger partial charge in [0.1, 0.15) is 30.2 Å². The van der Waals surface area contributed by atoms with Gasteiger partial charge in [-0.2, -0.15) is 26.3 Å². The number of para-hydroxylation sites is 1. The number of alkyl halides is 6. The average Bonchev–Trinajstić information content (AvgIpc) is 3.75. The molecule has 0 aliphatic carbocycles. The van der Waals surface area contributed by atoms with Gasteiger partial charge in [0.2, 0.25) is 35.4 Å². The minimum absolute atomic E-state index is 0.0139. The first-order chi connectivity index (χ1) is 34.7. The molecule has 0 fully saturated rings. The molecule has 74 heavy (non-hydrogen) atoms. The highest BCUT2D eigenvalue weighted by molar-refractivity contribution is 5.97. The number of amides is 6. The van der Waals surface area contributed by atoms with Crippen LogP contribution < -0.4 is 43.8 Å². The van der Waals surface area contributed by atoms with Crippen LogP contribution in [0.1, 0.15) is 49.8 Å². The van der Waals surface area contributed by atoms with Gasteiger partial charge >= 0.3 is 24.3 Å². The highest BCUT2D eigenvalue weighted by Crippen LogP contribution is 2.21. The first kappa shape index (κ1) is 60.2. The van der Waals surface area contributed by atoms with Gasteiger partial charge in [-0.3, -0.25) is 28.8 Å². The van der Waals surface area contributed by atoms with Crippen LogP contribution in [0.2, 0.25) is 0 Å². The molecule has 5 rings (SSSR count). The van der Waals surface area contributed by atoms with Crippen molar-refractivity contribution in [3.05, 3.63) is 120 Å². The molecule has 6 atom stereocenters. The van der Waals surface area contributed by atoms with Crippen molar-refractivity contribution in [3.63, 3.8) is 0 Å². The van der Waals surface area contributed by atoms with Crippen molar-refractivity contribution < 1.29 is 74.9 Å². The summed E-state index contributed by atoms with van der Waals surface area (Å²) in [7, 11) is 0. The molecule has 0 bridgehead atoms. The van der Waals surface area contributed by atoms with E-state index in [1.165, 1.54) is 13.8 Å². The maximum absolute atomic E-state index is 14.3. The largest absolute Gasteiger partial charge is 0.490 e. The van der Waals surface area contributed by atoms with Crippen LogP contribution in [0.25, 0.3) is 21.7 Å². The Morgan fingerprint density at radius 2 is 1.04 bits per heavy atom. The highest BCUT2D eigenvalue weighted by atomic mass is 19.4. The molecule has 6 amide bonds. The van der Waals surface area contributed by atoms with Crippen molar-refractivity contribution in [2.45, 2.75) is 101 Å². The molecule has 0 unspecified atom stereocenters. The van der Waals surface area contributed by atoms with Gasteiger partial charge in [-0.1, -0.05) is 91.0 Å². The number of fused-ring (bicyclic) bond motifs is 2. The van der Waals surface area contributed by atoms with E-state index in [0.717, 1.165) is 38.4 Å². The normalized spacial score (nSPS) is 13.6. The molecular weight excluding hydrogens is 989 g/mol. The Labute approximate surface area is 419 Å². The third-order valence-electron chi connectivity index (χ3n) is 10.8. The van der Waals surface area contributed by atoms with Crippen molar-refractivity contribution in [1.29, 1.82) is 0 Å². The third-order valence-corrected chi connectivity index (χ3v) is 10.8. The summed E-state index contributed by atoms with van der Waals surface area (Å²) in [5.41, 5.74) is 20.2. The van der Waals surface area contributed by atoms with E-state index in [9.17, 15) is 55.1 Å². The smallest absolute Gasteiger partial charge is 0.475 e. The average molecular weight is 1050 g/mol. The molecule has 25 heteroatoms. The van der Waals surface area contributed by atoms with Crippen molar-refractivity contribution >= 4 is 69.1 Å². The van der Waals surface area contributed by atoms with Gasteiger partial charge in [-0.05, 0) is 73.2 Å². The minimum atomic E-state index is -5.08. The number of carboxylic acid groups (broad SMARTS) is 2. The number of halogens is 6. The molecule has 0 aliphatic heterocycles. The van der Waals surface area contributed by atoms with Gasteiger partial charge < -0.3 is 59.0 Å². The van der Waals surface area contributed by atoms with Crippen LogP contribution in [-0.4, -0.2) is 118 Å². The number of unbranched alkanes of at least 4 members (excludes halogenated alkanes) is 1. The Balaban J connectivity index is 0.000000903. The van der Waals surface area contributed by atoms with Crippen LogP contribution in [0.3, 0.4) is 0 Å². The Kier molecular flexibility index (Phi) is 23.0. The zero-order valence-electron chi connectivity index (χ0n) is 39.9. The van der Waals surface area contributed by atoms with E-state index in [1.807, 2.05) is 72.8 Å². The second-order valence-electron chi connectivity index (χ2n) is 16.7. The third kappa shape index (κ3) is 19.9. The molecule has 4 aromatic carbocycles. The molecule has 0 aliphatic rings. The second kappa shape index (κ2) is 28.3. The van der Waals surface area contributed by atoms with Crippen LogP contribution in [0.5, 0.6) is 0 Å². The number of aromatic nitrogens is 1. The monoisotopic (exact) mass is 1050 g/mol. The topological polar surface area (TPSA) is 331 Å². The zero-order valence-corrected chi connectivity index (χ0v) is 39.9. The van der Waals surface area contributed by atoms with Gasteiger partial charge in [-0.25, -0.2) is 9.59 Å². The molecular formula is C49H57F6N9O10. The summed E-state index contributed by atoms with van der Waals surface area (Å²) >= 11 is 0. The number of rotatable bonds is 21. The number of primary amides is 1. The van der Waals surface area contributed by atoms with Crippen molar-refractivity contribution in [2.75, 3.05) is 6.54 Å². The summed E-state index contributed by atoms with van der Waals surface area (Å²) in [5.74, 6) is -9.41. The van der Waals surface area contributed by atoms with Crippen LogP contribution in [0.4, 0.5) is 26.3 Å². The summed E-state index contributed by atoms with van der Waals surface area (Å²) in [6.45, 7) is 3.38. The number of carboxylic acids is 2. The highest BCUT2D eigenvalue weighted by Gasteiger charge is 2.39. The lowest BCUT2D eigenvalue weighted by Gasteiger charge is -2.26. The van der Waals surface area contributed by atoms with E-state index in [0.29, 0.717) is 19.4 Å². The van der Waals surface area contributed by atoms with E-state index >= 15 is 0 Å². The maximum atomic E-state index is 14.3. The maximum Gasteiger partial charge on any atom is 0.490 e. The molecule has 0 saturated heterocycles. The summed E-state index contributed by atoms with van der Waals surface area (Å²) in [5, 5.41) is 30.8. The van der Waals surface area contributed by atoms with Crippen molar-refractivity contribution in [2.24, 2.45) is 17.2 Å². The molecule has 0 saturated carbocycles. The van der Waals surface area contributed by atoms with Crippen LogP contribution in [0, 0.1) is 0 Å². The molecule has 1 aromatic heterocycles. The second-order valence-corrected chi connectivity index (χ2v) is 16.7. The lowest BCUT2D eigenvalue weighted by atomic mass is 10.0. The number of aromatic amines is 1. The lowest BCUT2D eigenvalue weighted by Crippen LogP contribution is -2.59. The van der Waals surface area contributed by atoms with Gasteiger partial charge in [0.05, 0.1) is 6.04 Å². The quantitative estimate of drug-likeness (QED) is 0.0373. The van der Waals surface area contributed by atoms with Crippen LogP contribution in [0.15, 0.2) is 103 Å². The van der Waals surface area contributed by atoms with Crippen LogP contribution in [-0.2, 0) is 57.6 Å². The van der Waals surface area contributed by atoms with E-state index in [1.54, 1.807) is 30.5 Å². The molecule has 19 nitrogen and oxygen atoms in total. The van der Waals surface area contributed by atoms with E-state index in [-0.39, 0.29) is 25.7 Å². The fourth-order valence-electron chi connectivity index (χ4n) is 6.90. The number of nitrogens with one attached hydrogen (secondary N) is 6. The Morgan fingerprint density at radius 3 is 1.59 bits per heavy atom. The number of carbonyl (C=O) groups is 8. The zero-order chi connectivity index (χ0) is 55.3. The number of hydrogen-bond donors (Lipinski definition) is 11. The fourth-order valence-corrected chi connectivity index (χ4v) is 6.90. The summed E-state index contributed by atoms with van der Waals surface area (Å²) in [6, 6.07) is 23.4. The van der Waals surface area contributed by atoms with Gasteiger partial charge in [0.25, 0.3) is 0 Å². The van der Waals surface area contributed by atoms with Crippen molar-refractivity contribution in [3.8, 4) is 0 Å². The fraction of sp³-hybridized carbons (Fsp3) is 0.347. The predicted octanol–water partition coefficient (Wildman–Crippen LogP) is 3.02. The van der Waals surface area contributed by atoms with Crippen LogP contribution >= 0.6 is 0 Å². The standard InChI is InChI=1S/C45H55N9O6.2C2HF3O2/c1-27(47)41(56)52-38(24-30-19-20-31-14-6-7-15-32(31)22-30)43(58)50-28(2)42(57)53-39(25-33-26-49-35-17-9-8-16-34(33)35)45(60)54-37(23-29-12-4-3-5-13-29)44(59)51-36(40(48)55)18-10-11-21-46;2*3-2(4,5)1(6)7/h3-9,12-17,19-20,22,26-28,36-39,49H,10-11,18,21,23-25,46-47H2,1-2H3,(H2,48,55)(H,50,58)(H,51,59)(H,52,56)(H,53,57)(H,54,60);2*(H,6,7)/t27-,28+,36+,37-,38-,39+;;/m1../s1. The van der Waals surface area contributed by atoms with E-state index in [2.05, 4.69) is 31.6 Å². The molecule has 0 spiro atoms. The molecule has 0 radical (unpaired) electrons. The van der Waals surface area contributed by atoms with E-state index in [4.69, 9.17) is 37.0 Å². The molecule has 1 heterocycles. The van der Waals surface area contributed by atoms with Gasteiger partial charge in [0, 0.05) is 36.4 Å². The number of aliphatic carboxylic acids is 2. The number of carbonyl (C=O) groups excluding carboxylic acids is 6. The lowest BCUT2D eigenvalue weighted by molar-refractivity contribution is -0.193. The summed E-state index contributed by atoms with van der Waals surface area (Å²) in [6.07, 6.45) is -6.78. The number of nitrogens with two attached hydrogens (primary N) is 3. The molecule has 14 N–H and O–H groups in total. The van der Waals surface area contributed by atoms with Gasteiger partial charge in [-0.15, -0.1) is 0 Å². The summed E-state index contributed by atoms with van der Waals surface area (Å²) < 4.78 is 63.5. The first-order valence-electron chi connectivity index (χ1n) is 22.6. The number of benzene rings is 4. The Bertz CT molecular complexity index is 2700. The summed E-state index contributed by atoms with van der Waals surface area (Å²) in [4.78, 5) is 102. The SMILES string of the molecule is C[C@H](NC(=O)[C@@H](Cc1ccc2ccccc2c1)NC(=O)[C@@H](C)N)C(=O)N[C@@H](Cc1c[nH]c2ccccc12)C(=O)N[C@H](Cc1ccccc1)C(=O)N[C@@H](CCCCN)C(N)=O.O=C(O)C(F)(F)F.O=C(O)C(F)(F)F. The Morgan fingerprint density at radius 1 is 0.568 bits per heavy atom.